The van der Waals surface area contributed by atoms with Crippen molar-refractivity contribution in [1.29, 1.82) is 0 Å². The maximum atomic E-state index is 4.30. The molecule has 0 atom stereocenters. The van der Waals surface area contributed by atoms with Gasteiger partial charge in [0.2, 0.25) is 0 Å². The Morgan fingerprint density at radius 2 is 1.64 bits per heavy atom. The second-order valence-electron chi connectivity index (χ2n) is 6.90. The first-order valence-electron chi connectivity index (χ1n) is 7.49. The first-order chi connectivity index (χ1) is 10.3. The topological polar surface area (TPSA) is 30.7 Å². The van der Waals surface area contributed by atoms with Gasteiger partial charge in [-0.25, -0.2) is 4.09 Å². The zero-order valence-corrected chi connectivity index (χ0v) is 14.7. The van der Waals surface area contributed by atoms with Gasteiger partial charge in [-0.05, 0) is 40.3 Å². The molecule has 1 aromatic heterocycles. The normalized spacial score (nSPS) is 12.7. The van der Waals surface area contributed by atoms with Gasteiger partial charge in [-0.15, -0.1) is 5.10 Å². The molecule has 4 heteroatoms. The van der Waals surface area contributed by atoms with Crippen molar-refractivity contribution in [2.75, 3.05) is 12.5 Å². The summed E-state index contributed by atoms with van der Waals surface area (Å²) in [5.41, 5.74) is 3.60. The van der Waals surface area contributed by atoms with Crippen LogP contribution in [0.4, 0.5) is 0 Å². The fourth-order valence-electron chi connectivity index (χ4n) is 2.45. The molecule has 3 aromatic rings. The number of benzene rings is 2. The first kappa shape index (κ1) is 15.1. The average Bonchev–Trinajstić information content (AvgIpc) is 2.95. The number of nitrogens with zero attached hydrogens (tertiary/aromatic N) is 3. The third kappa shape index (κ3) is 2.88. The highest BCUT2D eigenvalue weighted by atomic mass is 32.2. The van der Waals surface area contributed by atoms with E-state index in [4.69, 9.17) is 0 Å². The van der Waals surface area contributed by atoms with Crippen LogP contribution in [0.5, 0.6) is 0 Å². The standard InChI is InChI=1S/C18H23N3S/c1-18(2,3)16-9-8-13-10-15(7-6-14(13)11-16)17-12-21(20-19-17)22(4)5/h6-12,22H,1-5H3. The summed E-state index contributed by atoms with van der Waals surface area (Å²) in [6, 6.07) is 13.2. The summed E-state index contributed by atoms with van der Waals surface area (Å²) in [7, 11) is 0. The minimum absolute atomic E-state index is 0.176. The van der Waals surface area contributed by atoms with Crippen molar-refractivity contribution in [1.82, 2.24) is 14.4 Å². The van der Waals surface area contributed by atoms with Crippen LogP contribution in [-0.2, 0) is 5.41 Å². The second kappa shape index (κ2) is 5.43. The van der Waals surface area contributed by atoms with E-state index < -0.39 is 0 Å². The molecule has 0 bridgehead atoms. The van der Waals surface area contributed by atoms with E-state index in [-0.39, 0.29) is 16.5 Å². The number of rotatable bonds is 2. The van der Waals surface area contributed by atoms with Crippen LogP contribution in [0.2, 0.25) is 0 Å². The molecule has 3 nitrogen and oxygen atoms in total. The Balaban J connectivity index is 2.02. The summed E-state index contributed by atoms with van der Waals surface area (Å²) in [6.45, 7) is 6.73. The Bertz CT molecular complexity index is 813. The van der Waals surface area contributed by atoms with Crippen LogP contribution < -0.4 is 0 Å². The highest BCUT2D eigenvalue weighted by Gasteiger charge is 2.14. The molecule has 22 heavy (non-hydrogen) atoms. The molecule has 116 valence electrons. The second-order valence-corrected chi connectivity index (χ2v) is 9.00. The molecular formula is C18H23N3S. The molecule has 1 heterocycles. The van der Waals surface area contributed by atoms with Gasteiger partial charge < -0.3 is 0 Å². The van der Waals surface area contributed by atoms with Crippen molar-refractivity contribution in [2.24, 2.45) is 0 Å². The van der Waals surface area contributed by atoms with Crippen LogP contribution in [-0.4, -0.2) is 26.9 Å². The van der Waals surface area contributed by atoms with E-state index >= 15 is 0 Å². The van der Waals surface area contributed by atoms with Crippen LogP contribution in [0, 0.1) is 0 Å². The zero-order valence-electron chi connectivity index (χ0n) is 13.8. The highest BCUT2D eigenvalue weighted by molar-refractivity contribution is 8.14. The summed E-state index contributed by atoms with van der Waals surface area (Å²) >= 11 is -0.274. The molecule has 2 aromatic carbocycles. The SMILES string of the molecule is C[SH](C)n1cc(-c2ccc3cc(C(C)(C)C)ccc3c2)nn1. The molecule has 0 saturated carbocycles. The van der Waals surface area contributed by atoms with E-state index in [9.17, 15) is 0 Å². The minimum Gasteiger partial charge on any atom is -0.216 e. The number of hydrogen-bond acceptors (Lipinski definition) is 2. The van der Waals surface area contributed by atoms with Crippen molar-refractivity contribution in [3.8, 4) is 11.3 Å². The minimum atomic E-state index is -0.274. The van der Waals surface area contributed by atoms with Gasteiger partial charge >= 0.3 is 0 Å². The van der Waals surface area contributed by atoms with Crippen LogP contribution in [0.15, 0.2) is 42.6 Å². The maximum Gasteiger partial charge on any atom is 0.114 e. The summed E-state index contributed by atoms with van der Waals surface area (Å²) in [5.74, 6) is 0. The van der Waals surface area contributed by atoms with E-state index in [1.807, 2.05) is 10.3 Å². The van der Waals surface area contributed by atoms with Gasteiger partial charge in [0.1, 0.15) is 5.69 Å². The van der Waals surface area contributed by atoms with Gasteiger partial charge in [-0.2, -0.15) is 11.1 Å². The number of hydrogen-bond donors (Lipinski definition) is 1. The lowest BCUT2D eigenvalue weighted by molar-refractivity contribution is 0.591. The van der Waals surface area contributed by atoms with Crippen molar-refractivity contribution in [3.63, 3.8) is 0 Å². The summed E-state index contributed by atoms with van der Waals surface area (Å²) in [5, 5.41) is 11.0. The fraction of sp³-hybridized carbons (Fsp3) is 0.333. The largest absolute Gasteiger partial charge is 0.216 e. The van der Waals surface area contributed by atoms with E-state index in [0.29, 0.717) is 0 Å². The quantitative estimate of drug-likeness (QED) is 0.710. The predicted molar refractivity (Wildman–Crippen MR) is 97.9 cm³/mol. The number of thiol groups is 1. The molecule has 0 amide bonds. The summed E-state index contributed by atoms with van der Waals surface area (Å²) < 4.78 is 1.96. The molecule has 0 radical (unpaired) electrons. The van der Waals surface area contributed by atoms with Crippen molar-refractivity contribution < 1.29 is 0 Å². The summed E-state index contributed by atoms with van der Waals surface area (Å²) in [6.07, 6.45) is 6.38. The monoisotopic (exact) mass is 313 g/mol. The molecular weight excluding hydrogens is 290 g/mol. The predicted octanol–water partition coefficient (Wildman–Crippen LogP) is 4.42. The lowest BCUT2D eigenvalue weighted by Gasteiger charge is -2.19. The van der Waals surface area contributed by atoms with Crippen LogP contribution >= 0.6 is 11.1 Å². The van der Waals surface area contributed by atoms with Gasteiger partial charge in [0.25, 0.3) is 0 Å². The third-order valence-corrected chi connectivity index (χ3v) is 4.91. The van der Waals surface area contributed by atoms with E-state index in [2.05, 4.69) is 80.0 Å². The molecule has 0 saturated heterocycles. The Labute approximate surface area is 134 Å². The van der Waals surface area contributed by atoms with Crippen LogP contribution in [0.25, 0.3) is 22.0 Å². The Kier molecular flexibility index (Phi) is 3.73. The average molecular weight is 313 g/mol. The van der Waals surface area contributed by atoms with E-state index in [1.54, 1.807) is 0 Å². The Morgan fingerprint density at radius 3 is 2.27 bits per heavy atom. The maximum absolute atomic E-state index is 4.30. The zero-order chi connectivity index (χ0) is 15.9. The van der Waals surface area contributed by atoms with Crippen molar-refractivity contribution >= 4 is 21.9 Å². The van der Waals surface area contributed by atoms with Crippen LogP contribution in [0.3, 0.4) is 0 Å². The fourth-order valence-corrected chi connectivity index (χ4v) is 2.99. The molecule has 0 aliphatic carbocycles. The van der Waals surface area contributed by atoms with Gasteiger partial charge in [0.05, 0.1) is 6.20 Å². The molecule has 0 fully saturated rings. The molecule has 0 aliphatic heterocycles. The molecule has 0 spiro atoms. The molecule has 0 N–H and O–H groups in total. The summed E-state index contributed by atoms with van der Waals surface area (Å²) in [4.78, 5) is 0. The van der Waals surface area contributed by atoms with Crippen molar-refractivity contribution in [3.05, 3.63) is 48.2 Å². The Morgan fingerprint density at radius 1 is 0.955 bits per heavy atom. The first-order valence-corrected chi connectivity index (χ1v) is 9.68. The van der Waals surface area contributed by atoms with Crippen LogP contribution in [0.1, 0.15) is 26.3 Å². The van der Waals surface area contributed by atoms with Gasteiger partial charge in [0, 0.05) is 5.56 Å². The van der Waals surface area contributed by atoms with Gasteiger partial charge in [-0.3, -0.25) is 0 Å². The lowest BCUT2D eigenvalue weighted by Crippen LogP contribution is -2.10. The molecule has 0 unspecified atom stereocenters. The van der Waals surface area contributed by atoms with Gasteiger partial charge in [0.15, 0.2) is 0 Å². The van der Waals surface area contributed by atoms with Crippen molar-refractivity contribution in [2.45, 2.75) is 26.2 Å². The Hall–Kier alpha value is -1.81. The highest BCUT2D eigenvalue weighted by Crippen LogP contribution is 2.29. The number of aromatic nitrogens is 3. The molecule has 0 aliphatic rings. The molecule has 3 rings (SSSR count). The van der Waals surface area contributed by atoms with E-state index in [0.717, 1.165) is 11.3 Å². The lowest BCUT2D eigenvalue weighted by atomic mass is 9.86. The number of fused-ring (bicyclic) bond motifs is 1. The smallest absolute Gasteiger partial charge is 0.114 e. The van der Waals surface area contributed by atoms with E-state index in [1.165, 1.54) is 16.3 Å². The third-order valence-electron chi connectivity index (χ3n) is 3.89. The van der Waals surface area contributed by atoms with Gasteiger partial charge in [-0.1, -0.05) is 56.3 Å².